The smallest absolute Gasteiger partial charge is 0.224 e. The average molecular weight is 713 g/mol. The number of hydrogen-bond donors (Lipinski definition) is 2. The monoisotopic (exact) mass is 713 g/mol. The summed E-state index contributed by atoms with van der Waals surface area (Å²) in [7, 11) is 0. The van der Waals surface area contributed by atoms with Gasteiger partial charge in [-0.25, -0.2) is 4.99 Å². The van der Waals surface area contributed by atoms with Gasteiger partial charge in [0.05, 0.1) is 15.1 Å². The molecular formula is C29H21I2N3O3. The van der Waals surface area contributed by atoms with E-state index in [4.69, 9.17) is 14.6 Å². The molecule has 0 saturated heterocycles. The largest absolute Gasteiger partial charge is 0.456 e. The summed E-state index contributed by atoms with van der Waals surface area (Å²) >= 11 is 4.61. The Morgan fingerprint density at radius 1 is 0.811 bits per heavy atom. The lowest BCUT2D eigenvalue weighted by Gasteiger charge is -2.05. The zero-order chi connectivity index (χ0) is 25.5. The molecule has 4 aromatic carbocycles. The van der Waals surface area contributed by atoms with E-state index in [0.717, 1.165) is 53.1 Å². The SMILES string of the molecule is NC(CCCC(=O)Nc1ccc2c(c1)oc1ccccc12)=Nc1ccc2c(c1)oc1c(I)cc(I)cc12. The number of nitrogens with two attached hydrogens (primary N) is 1. The third-order valence-corrected chi connectivity index (χ3v) is 7.67. The molecule has 2 aromatic heterocycles. The maximum atomic E-state index is 12.5. The van der Waals surface area contributed by atoms with E-state index in [9.17, 15) is 4.79 Å². The molecule has 1 amide bonds. The number of fused-ring (bicyclic) bond motifs is 6. The minimum absolute atomic E-state index is 0.0730. The molecule has 0 bridgehead atoms. The van der Waals surface area contributed by atoms with E-state index in [1.165, 1.54) is 3.57 Å². The first-order valence-electron chi connectivity index (χ1n) is 11.8. The zero-order valence-corrected chi connectivity index (χ0v) is 23.9. The van der Waals surface area contributed by atoms with Crippen molar-refractivity contribution in [2.45, 2.75) is 19.3 Å². The van der Waals surface area contributed by atoms with Crippen molar-refractivity contribution in [3.05, 3.63) is 79.9 Å². The van der Waals surface area contributed by atoms with E-state index < -0.39 is 0 Å². The lowest BCUT2D eigenvalue weighted by molar-refractivity contribution is -0.116. The first-order valence-corrected chi connectivity index (χ1v) is 14.0. The van der Waals surface area contributed by atoms with Crippen molar-refractivity contribution in [3.8, 4) is 0 Å². The van der Waals surface area contributed by atoms with Gasteiger partial charge in [-0.15, -0.1) is 0 Å². The van der Waals surface area contributed by atoms with Crippen LogP contribution in [0.3, 0.4) is 0 Å². The van der Waals surface area contributed by atoms with Crippen LogP contribution in [-0.4, -0.2) is 11.7 Å². The van der Waals surface area contributed by atoms with Crippen LogP contribution in [0.25, 0.3) is 43.9 Å². The minimum atomic E-state index is -0.0730. The number of furan rings is 2. The number of anilines is 1. The highest BCUT2D eigenvalue weighted by Crippen LogP contribution is 2.35. The molecule has 0 unspecified atom stereocenters. The first kappa shape index (κ1) is 24.2. The van der Waals surface area contributed by atoms with Crippen molar-refractivity contribution in [2.24, 2.45) is 10.7 Å². The summed E-state index contributed by atoms with van der Waals surface area (Å²) in [6.07, 6.45) is 1.45. The molecule has 0 radical (unpaired) electrons. The number of halogens is 2. The molecule has 184 valence electrons. The van der Waals surface area contributed by atoms with Gasteiger partial charge in [-0.1, -0.05) is 18.2 Å². The van der Waals surface area contributed by atoms with Gasteiger partial charge in [0.2, 0.25) is 5.91 Å². The third kappa shape index (κ3) is 4.91. The Morgan fingerprint density at radius 2 is 1.57 bits per heavy atom. The van der Waals surface area contributed by atoms with Gasteiger partial charge in [-0.2, -0.15) is 0 Å². The maximum Gasteiger partial charge on any atom is 0.224 e. The quantitative estimate of drug-likeness (QED) is 0.103. The van der Waals surface area contributed by atoms with Gasteiger partial charge < -0.3 is 19.9 Å². The van der Waals surface area contributed by atoms with Crippen molar-refractivity contribution < 1.29 is 13.6 Å². The first-order chi connectivity index (χ1) is 17.9. The summed E-state index contributed by atoms with van der Waals surface area (Å²) in [5.74, 6) is 0.410. The number of carbonyl (C=O) groups excluding carboxylic acids is 1. The molecule has 8 heteroatoms. The lowest BCUT2D eigenvalue weighted by Crippen LogP contribution is -2.14. The molecule has 6 nitrogen and oxygen atoms in total. The summed E-state index contributed by atoms with van der Waals surface area (Å²) in [4.78, 5) is 17.0. The molecule has 0 aliphatic rings. The molecule has 0 fully saturated rings. The van der Waals surface area contributed by atoms with Gasteiger partial charge >= 0.3 is 0 Å². The number of nitrogens with one attached hydrogen (secondary N) is 1. The van der Waals surface area contributed by atoms with Gasteiger partial charge in [-0.05, 0) is 94.1 Å². The zero-order valence-electron chi connectivity index (χ0n) is 19.6. The summed E-state index contributed by atoms with van der Waals surface area (Å²) in [5, 5.41) is 7.20. The normalized spacial score (nSPS) is 12.2. The number of rotatable bonds is 6. The predicted molar refractivity (Wildman–Crippen MR) is 167 cm³/mol. The molecule has 0 atom stereocenters. The topological polar surface area (TPSA) is 93.8 Å². The van der Waals surface area contributed by atoms with Crippen molar-refractivity contribution in [1.82, 2.24) is 0 Å². The number of carbonyl (C=O) groups is 1. The fourth-order valence-corrected chi connectivity index (χ4v) is 6.50. The number of amidine groups is 1. The third-order valence-electron chi connectivity index (χ3n) is 6.25. The summed E-state index contributed by atoms with van der Waals surface area (Å²) in [6.45, 7) is 0. The lowest BCUT2D eigenvalue weighted by atomic mass is 10.1. The summed E-state index contributed by atoms with van der Waals surface area (Å²) < 4.78 is 14.2. The van der Waals surface area contributed by atoms with Gasteiger partial charge in [-0.3, -0.25) is 4.79 Å². The number of nitrogens with zero attached hydrogens (tertiary/aromatic N) is 1. The molecule has 0 spiro atoms. The Balaban J connectivity index is 1.09. The molecule has 6 aromatic rings. The second kappa shape index (κ2) is 9.97. The fraction of sp³-hybridized carbons (Fsp3) is 0.103. The Morgan fingerprint density at radius 3 is 2.46 bits per heavy atom. The molecule has 37 heavy (non-hydrogen) atoms. The highest BCUT2D eigenvalue weighted by molar-refractivity contribution is 14.1. The second-order valence-electron chi connectivity index (χ2n) is 8.86. The van der Waals surface area contributed by atoms with Crippen LogP contribution in [0, 0.1) is 7.14 Å². The van der Waals surface area contributed by atoms with E-state index in [1.54, 1.807) is 0 Å². The average Bonchev–Trinajstić information content (AvgIpc) is 3.41. The van der Waals surface area contributed by atoms with E-state index in [0.29, 0.717) is 30.8 Å². The predicted octanol–water partition coefficient (Wildman–Crippen LogP) is 8.49. The number of amides is 1. The van der Waals surface area contributed by atoms with Crippen LogP contribution >= 0.6 is 45.2 Å². The van der Waals surface area contributed by atoms with Crippen molar-refractivity contribution in [1.29, 1.82) is 0 Å². The maximum absolute atomic E-state index is 12.5. The Kier molecular flexibility index (Phi) is 6.53. The van der Waals surface area contributed by atoms with Gasteiger partial charge in [0.1, 0.15) is 22.3 Å². The standard InChI is InChI=1S/C29H21I2N3O3/c30-16-12-22-21-11-8-17(14-26(21)37-29(22)23(31)13-16)33-27(32)6-3-7-28(35)34-18-9-10-20-19-4-1-2-5-24(19)36-25(20)15-18/h1-2,4-5,8-15H,3,6-7H2,(H2,32,33)(H,34,35). The molecule has 6 rings (SSSR count). The van der Waals surface area contributed by atoms with Crippen LogP contribution in [0.2, 0.25) is 0 Å². The van der Waals surface area contributed by atoms with Crippen LogP contribution in [-0.2, 0) is 4.79 Å². The summed E-state index contributed by atoms with van der Waals surface area (Å²) in [5.41, 5.74) is 10.9. The Hall–Kier alpha value is -3.12. The number of aliphatic imine (C=N–C) groups is 1. The Bertz CT molecular complexity index is 1850. The number of hydrogen-bond acceptors (Lipinski definition) is 4. The van der Waals surface area contributed by atoms with Crippen LogP contribution in [0.15, 0.2) is 86.6 Å². The highest BCUT2D eigenvalue weighted by atomic mass is 127. The molecule has 0 aliphatic heterocycles. The van der Waals surface area contributed by atoms with E-state index >= 15 is 0 Å². The summed E-state index contributed by atoms with van der Waals surface area (Å²) in [6, 6.07) is 23.7. The van der Waals surface area contributed by atoms with Crippen LogP contribution in [0.4, 0.5) is 11.4 Å². The van der Waals surface area contributed by atoms with E-state index in [-0.39, 0.29) is 5.91 Å². The van der Waals surface area contributed by atoms with E-state index in [2.05, 4.69) is 67.6 Å². The fourth-order valence-electron chi connectivity index (χ4n) is 4.54. The second-order valence-corrected chi connectivity index (χ2v) is 11.3. The number of benzene rings is 4. The van der Waals surface area contributed by atoms with Gasteiger partial charge in [0.25, 0.3) is 0 Å². The van der Waals surface area contributed by atoms with Crippen molar-refractivity contribution in [2.75, 3.05) is 5.32 Å². The Labute approximate surface area is 239 Å². The van der Waals surface area contributed by atoms with Crippen LogP contribution in [0.1, 0.15) is 19.3 Å². The van der Waals surface area contributed by atoms with Crippen molar-refractivity contribution in [3.63, 3.8) is 0 Å². The van der Waals surface area contributed by atoms with Crippen LogP contribution < -0.4 is 11.1 Å². The van der Waals surface area contributed by atoms with E-state index in [1.807, 2.05) is 60.7 Å². The molecule has 0 saturated carbocycles. The molecular weight excluding hydrogens is 692 g/mol. The minimum Gasteiger partial charge on any atom is -0.456 e. The number of para-hydroxylation sites is 1. The molecule has 0 aliphatic carbocycles. The van der Waals surface area contributed by atoms with Crippen molar-refractivity contribution >= 4 is 112 Å². The van der Waals surface area contributed by atoms with Crippen LogP contribution in [0.5, 0.6) is 0 Å². The van der Waals surface area contributed by atoms with Gasteiger partial charge in [0.15, 0.2) is 0 Å². The molecule has 2 heterocycles. The highest BCUT2D eigenvalue weighted by Gasteiger charge is 2.12. The molecule has 3 N–H and O–H groups in total. The van der Waals surface area contributed by atoms with Gasteiger partial charge in [0, 0.05) is 55.8 Å².